The minimum atomic E-state index is 0.298. The van der Waals surface area contributed by atoms with E-state index in [-0.39, 0.29) is 0 Å². The number of benzene rings is 1. The van der Waals surface area contributed by atoms with Gasteiger partial charge in [0.25, 0.3) is 0 Å². The molecule has 1 atom stereocenters. The Hall–Kier alpha value is -0.550. The number of nitrogens with zero attached hydrogens (tertiary/aromatic N) is 2. The van der Waals surface area contributed by atoms with Gasteiger partial charge in [-0.05, 0) is 84.0 Å². The number of hydrogen-bond donors (Lipinski definition) is 1. The van der Waals surface area contributed by atoms with E-state index in [2.05, 4.69) is 54.2 Å². The lowest BCUT2D eigenvalue weighted by Crippen LogP contribution is -2.38. The molecular formula is C19H33N3S. The first-order chi connectivity index (χ1) is 11.1. The van der Waals surface area contributed by atoms with Gasteiger partial charge < -0.3 is 15.5 Å². The van der Waals surface area contributed by atoms with Crippen LogP contribution >= 0.6 is 11.8 Å². The van der Waals surface area contributed by atoms with Gasteiger partial charge in [0.2, 0.25) is 0 Å². The van der Waals surface area contributed by atoms with E-state index in [0.29, 0.717) is 6.04 Å². The fourth-order valence-electron chi connectivity index (χ4n) is 3.09. The Balaban J connectivity index is 1.56. The third kappa shape index (κ3) is 7.71. The summed E-state index contributed by atoms with van der Waals surface area (Å²) in [6, 6.07) is 10.9. The molecule has 1 aromatic carbocycles. The van der Waals surface area contributed by atoms with Crippen molar-refractivity contribution in [1.29, 1.82) is 0 Å². The predicted octanol–water partition coefficient (Wildman–Crippen LogP) is 3.16. The van der Waals surface area contributed by atoms with Crippen molar-refractivity contribution in [3.8, 4) is 0 Å². The Morgan fingerprint density at radius 1 is 1.22 bits per heavy atom. The summed E-state index contributed by atoms with van der Waals surface area (Å²) in [5.41, 5.74) is 6.29. The molecule has 1 saturated heterocycles. The summed E-state index contributed by atoms with van der Waals surface area (Å²) in [7, 11) is 4.34. The Kier molecular flexibility index (Phi) is 8.45. The molecule has 0 bridgehead atoms. The SMILES string of the molecule is CN(C)CCC1CCN(CC[C@@H](N)CSc2ccccc2)CC1. The van der Waals surface area contributed by atoms with Gasteiger partial charge in [0, 0.05) is 16.7 Å². The van der Waals surface area contributed by atoms with E-state index >= 15 is 0 Å². The molecule has 23 heavy (non-hydrogen) atoms. The Bertz CT molecular complexity index is 416. The fraction of sp³-hybridized carbons (Fsp3) is 0.684. The van der Waals surface area contributed by atoms with Crippen LogP contribution in [0.3, 0.4) is 0 Å². The molecule has 0 saturated carbocycles. The van der Waals surface area contributed by atoms with Gasteiger partial charge in [-0.1, -0.05) is 18.2 Å². The van der Waals surface area contributed by atoms with E-state index in [1.807, 2.05) is 11.8 Å². The topological polar surface area (TPSA) is 32.5 Å². The van der Waals surface area contributed by atoms with Crippen LogP contribution in [0.25, 0.3) is 0 Å². The van der Waals surface area contributed by atoms with Gasteiger partial charge in [-0.25, -0.2) is 0 Å². The van der Waals surface area contributed by atoms with Crippen LogP contribution in [0.1, 0.15) is 25.7 Å². The molecule has 0 aromatic heterocycles. The maximum atomic E-state index is 6.29. The summed E-state index contributed by atoms with van der Waals surface area (Å²) in [6.45, 7) is 4.91. The number of rotatable bonds is 9. The molecule has 1 aliphatic heterocycles. The summed E-state index contributed by atoms with van der Waals surface area (Å²) in [6.07, 6.45) is 5.19. The summed E-state index contributed by atoms with van der Waals surface area (Å²) in [4.78, 5) is 6.24. The highest BCUT2D eigenvalue weighted by Gasteiger charge is 2.19. The van der Waals surface area contributed by atoms with Crippen molar-refractivity contribution < 1.29 is 0 Å². The Labute approximate surface area is 146 Å². The molecule has 1 aliphatic rings. The van der Waals surface area contributed by atoms with Gasteiger partial charge >= 0.3 is 0 Å². The van der Waals surface area contributed by atoms with E-state index in [0.717, 1.165) is 24.6 Å². The maximum Gasteiger partial charge on any atom is 0.0146 e. The van der Waals surface area contributed by atoms with Gasteiger partial charge in [-0.3, -0.25) is 0 Å². The first kappa shape index (κ1) is 18.8. The van der Waals surface area contributed by atoms with Gasteiger partial charge in [0.1, 0.15) is 0 Å². The summed E-state index contributed by atoms with van der Waals surface area (Å²) in [5.74, 6) is 1.94. The summed E-state index contributed by atoms with van der Waals surface area (Å²) in [5, 5.41) is 0. The average Bonchev–Trinajstić information content (AvgIpc) is 2.58. The Morgan fingerprint density at radius 3 is 2.57 bits per heavy atom. The van der Waals surface area contributed by atoms with Crippen LogP contribution in [-0.2, 0) is 0 Å². The van der Waals surface area contributed by atoms with Gasteiger partial charge in [0.05, 0.1) is 0 Å². The van der Waals surface area contributed by atoms with Gasteiger partial charge in [-0.2, -0.15) is 0 Å². The number of likely N-dealkylation sites (tertiary alicyclic amines) is 1. The van der Waals surface area contributed by atoms with Crippen LogP contribution in [0, 0.1) is 5.92 Å². The highest BCUT2D eigenvalue weighted by Crippen LogP contribution is 2.21. The average molecular weight is 336 g/mol. The number of thioether (sulfide) groups is 1. The normalized spacial score (nSPS) is 18.4. The predicted molar refractivity (Wildman–Crippen MR) is 102 cm³/mol. The van der Waals surface area contributed by atoms with Crippen LogP contribution in [-0.4, -0.2) is 61.9 Å². The number of nitrogens with two attached hydrogens (primary N) is 1. The van der Waals surface area contributed by atoms with Crippen molar-refractivity contribution in [3.05, 3.63) is 30.3 Å². The van der Waals surface area contributed by atoms with Crippen molar-refractivity contribution in [2.75, 3.05) is 46.0 Å². The lowest BCUT2D eigenvalue weighted by molar-refractivity contribution is 0.168. The standard InChI is InChI=1S/C19H33N3S/c1-21(2)12-8-17-9-13-22(14-10-17)15-11-18(20)16-23-19-6-4-3-5-7-19/h3-7,17-18H,8-16,20H2,1-2H3/t18-/m1/s1. The van der Waals surface area contributed by atoms with E-state index in [1.54, 1.807) is 0 Å². The molecule has 1 aromatic rings. The zero-order valence-corrected chi connectivity index (χ0v) is 15.6. The van der Waals surface area contributed by atoms with E-state index in [9.17, 15) is 0 Å². The maximum absolute atomic E-state index is 6.29. The van der Waals surface area contributed by atoms with Crippen molar-refractivity contribution in [2.24, 2.45) is 11.7 Å². The Morgan fingerprint density at radius 2 is 1.91 bits per heavy atom. The molecule has 130 valence electrons. The molecule has 3 nitrogen and oxygen atoms in total. The van der Waals surface area contributed by atoms with Crippen LogP contribution in [0.4, 0.5) is 0 Å². The molecule has 4 heteroatoms. The molecule has 0 unspecified atom stereocenters. The third-order valence-electron chi connectivity index (χ3n) is 4.72. The second kappa shape index (κ2) is 10.3. The third-order valence-corrected chi connectivity index (χ3v) is 5.92. The second-order valence-corrected chi connectivity index (χ2v) is 8.14. The van der Waals surface area contributed by atoms with Crippen molar-refractivity contribution >= 4 is 11.8 Å². The molecule has 2 N–H and O–H groups in total. The van der Waals surface area contributed by atoms with E-state index < -0.39 is 0 Å². The molecule has 0 aliphatic carbocycles. The van der Waals surface area contributed by atoms with Crippen LogP contribution in [0.2, 0.25) is 0 Å². The highest BCUT2D eigenvalue weighted by molar-refractivity contribution is 7.99. The lowest BCUT2D eigenvalue weighted by atomic mass is 9.93. The van der Waals surface area contributed by atoms with E-state index in [1.165, 1.54) is 43.8 Å². The monoisotopic (exact) mass is 335 g/mol. The summed E-state index contributed by atoms with van der Waals surface area (Å²) < 4.78 is 0. The summed E-state index contributed by atoms with van der Waals surface area (Å²) >= 11 is 1.88. The number of hydrogen-bond acceptors (Lipinski definition) is 4. The lowest BCUT2D eigenvalue weighted by Gasteiger charge is -2.33. The molecular weight excluding hydrogens is 302 g/mol. The van der Waals surface area contributed by atoms with Gasteiger partial charge in [-0.15, -0.1) is 11.8 Å². The molecule has 1 fully saturated rings. The van der Waals surface area contributed by atoms with Crippen molar-refractivity contribution in [3.63, 3.8) is 0 Å². The van der Waals surface area contributed by atoms with E-state index in [4.69, 9.17) is 5.73 Å². The molecule has 0 amide bonds. The quantitative estimate of drug-likeness (QED) is 0.703. The fourth-order valence-corrected chi connectivity index (χ4v) is 4.01. The second-order valence-electron chi connectivity index (χ2n) is 7.05. The van der Waals surface area contributed by atoms with Crippen LogP contribution < -0.4 is 5.73 Å². The molecule has 0 radical (unpaired) electrons. The van der Waals surface area contributed by atoms with Crippen LogP contribution in [0.5, 0.6) is 0 Å². The minimum Gasteiger partial charge on any atom is -0.327 e. The van der Waals surface area contributed by atoms with Crippen molar-refractivity contribution in [2.45, 2.75) is 36.6 Å². The zero-order chi connectivity index (χ0) is 16.5. The first-order valence-corrected chi connectivity index (χ1v) is 9.92. The molecule has 2 rings (SSSR count). The number of piperidine rings is 1. The van der Waals surface area contributed by atoms with Crippen LogP contribution in [0.15, 0.2) is 35.2 Å². The first-order valence-electron chi connectivity index (χ1n) is 8.94. The minimum absolute atomic E-state index is 0.298. The smallest absolute Gasteiger partial charge is 0.0146 e. The largest absolute Gasteiger partial charge is 0.327 e. The highest BCUT2D eigenvalue weighted by atomic mass is 32.2. The zero-order valence-electron chi connectivity index (χ0n) is 14.8. The molecule has 1 heterocycles. The van der Waals surface area contributed by atoms with Gasteiger partial charge in [0.15, 0.2) is 0 Å². The molecule has 0 spiro atoms. The van der Waals surface area contributed by atoms with Crippen molar-refractivity contribution in [1.82, 2.24) is 9.80 Å².